The molecule has 3 N–H and O–H groups in total. The molecule has 0 radical (unpaired) electrons. The predicted octanol–water partition coefficient (Wildman–Crippen LogP) is 5.00. The minimum atomic E-state index is -0.646. The zero-order chi connectivity index (χ0) is 21.5. The number of halogens is 1. The molecule has 0 aliphatic rings. The molecule has 3 heterocycles. The average Bonchev–Trinajstić information content (AvgIpc) is 3.35. The molecule has 0 unspecified atom stereocenters. The fourth-order valence-electron chi connectivity index (χ4n) is 3.37. The lowest BCUT2D eigenvalue weighted by Crippen LogP contribution is -2.08. The minimum Gasteiger partial charge on any atom is -0.455 e. The number of furan rings is 1. The molecule has 8 nitrogen and oxygen atoms in total. The van der Waals surface area contributed by atoms with Gasteiger partial charge < -0.3 is 24.8 Å². The highest BCUT2D eigenvalue weighted by molar-refractivity contribution is 6.32. The summed E-state index contributed by atoms with van der Waals surface area (Å²) in [5.74, 6) is 1.04. The zero-order valence-corrected chi connectivity index (χ0v) is 17.1. The first kappa shape index (κ1) is 19.0. The van der Waals surface area contributed by atoms with Gasteiger partial charge in [0.05, 0.1) is 15.9 Å². The Kier molecular flexibility index (Phi) is 4.48. The molecule has 0 saturated heterocycles. The van der Waals surface area contributed by atoms with Gasteiger partial charge in [0.15, 0.2) is 11.6 Å². The highest BCUT2D eigenvalue weighted by atomic mass is 35.5. The Morgan fingerprint density at radius 2 is 2.03 bits per heavy atom. The van der Waals surface area contributed by atoms with Gasteiger partial charge in [0, 0.05) is 25.0 Å². The van der Waals surface area contributed by atoms with Gasteiger partial charge >= 0.3 is 0 Å². The fourth-order valence-corrected chi connectivity index (χ4v) is 3.59. The Morgan fingerprint density at radius 1 is 1.16 bits per heavy atom. The SMILES string of the molecule is Cn1ccc2ncnc(Nc3ccc(Oc4cccc5oc(C(N)=O)cc45)c(Cl)c3)c21. The molecule has 5 rings (SSSR count). The van der Waals surface area contributed by atoms with E-state index in [0.717, 1.165) is 16.7 Å². The summed E-state index contributed by atoms with van der Waals surface area (Å²) in [6.07, 6.45) is 3.43. The topological polar surface area (TPSA) is 108 Å². The number of benzene rings is 2. The second-order valence-electron chi connectivity index (χ2n) is 6.90. The molecule has 0 fully saturated rings. The lowest BCUT2D eigenvalue weighted by atomic mass is 10.2. The van der Waals surface area contributed by atoms with Gasteiger partial charge in [-0.05, 0) is 36.4 Å². The van der Waals surface area contributed by atoms with Gasteiger partial charge in [0.25, 0.3) is 5.91 Å². The van der Waals surface area contributed by atoms with Crippen LogP contribution in [0.4, 0.5) is 11.5 Å². The van der Waals surface area contributed by atoms with E-state index in [2.05, 4.69) is 15.3 Å². The number of ether oxygens (including phenoxy) is 1. The summed E-state index contributed by atoms with van der Waals surface area (Å²) in [5.41, 5.74) is 8.28. The fraction of sp³-hybridized carbons (Fsp3) is 0.0455. The van der Waals surface area contributed by atoms with Gasteiger partial charge in [-0.15, -0.1) is 0 Å². The lowest BCUT2D eigenvalue weighted by Gasteiger charge is -2.12. The van der Waals surface area contributed by atoms with E-state index >= 15 is 0 Å². The second-order valence-corrected chi connectivity index (χ2v) is 7.31. The van der Waals surface area contributed by atoms with Crippen molar-refractivity contribution in [2.75, 3.05) is 5.32 Å². The van der Waals surface area contributed by atoms with Crippen LogP contribution in [0, 0.1) is 0 Å². The van der Waals surface area contributed by atoms with E-state index in [1.54, 1.807) is 36.4 Å². The summed E-state index contributed by atoms with van der Waals surface area (Å²) < 4.78 is 13.4. The number of nitrogens with zero attached hydrogens (tertiary/aromatic N) is 3. The number of nitrogens with two attached hydrogens (primary N) is 1. The molecule has 0 aliphatic heterocycles. The first-order valence-electron chi connectivity index (χ1n) is 9.32. The van der Waals surface area contributed by atoms with E-state index in [4.69, 9.17) is 26.5 Å². The maximum atomic E-state index is 11.4. The van der Waals surface area contributed by atoms with E-state index in [1.807, 2.05) is 29.9 Å². The normalized spacial score (nSPS) is 11.2. The average molecular weight is 434 g/mol. The molecule has 1 amide bonds. The maximum absolute atomic E-state index is 11.4. The standard InChI is InChI=1S/C22H16ClN5O3/c1-28-8-7-15-20(28)22(26-11-25-15)27-12-5-6-18(14(23)9-12)30-16-3-2-4-17-13(16)10-19(31-17)21(24)29/h2-11H,1H3,(H2,24,29)(H,25,26,27). The van der Waals surface area contributed by atoms with Crippen molar-refractivity contribution in [1.82, 2.24) is 14.5 Å². The largest absolute Gasteiger partial charge is 0.455 e. The van der Waals surface area contributed by atoms with E-state index in [1.165, 1.54) is 6.33 Å². The number of hydrogen-bond acceptors (Lipinski definition) is 6. The number of nitrogens with one attached hydrogen (secondary N) is 1. The number of rotatable bonds is 5. The summed E-state index contributed by atoms with van der Waals surface area (Å²) in [6, 6.07) is 14.1. The summed E-state index contributed by atoms with van der Waals surface area (Å²) >= 11 is 6.48. The zero-order valence-electron chi connectivity index (χ0n) is 16.3. The van der Waals surface area contributed by atoms with Crippen LogP contribution in [0.5, 0.6) is 11.5 Å². The van der Waals surface area contributed by atoms with Crippen LogP contribution in [0.3, 0.4) is 0 Å². The van der Waals surface area contributed by atoms with Crippen molar-refractivity contribution in [3.63, 3.8) is 0 Å². The molecule has 3 aromatic heterocycles. The molecule has 0 atom stereocenters. The molecule has 0 spiro atoms. The van der Waals surface area contributed by atoms with Crippen molar-refractivity contribution in [2.45, 2.75) is 0 Å². The summed E-state index contributed by atoms with van der Waals surface area (Å²) in [4.78, 5) is 20.0. The van der Waals surface area contributed by atoms with Crippen molar-refractivity contribution in [1.29, 1.82) is 0 Å². The third kappa shape index (κ3) is 3.43. The Hall–Kier alpha value is -4.04. The molecule has 154 valence electrons. The van der Waals surface area contributed by atoms with Crippen LogP contribution in [0.25, 0.3) is 22.0 Å². The van der Waals surface area contributed by atoms with Gasteiger partial charge in [0.1, 0.15) is 28.9 Å². The van der Waals surface area contributed by atoms with Crippen molar-refractivity contribution in [3.05, 3.63) is 71.8 Å². The van der Waals surface area contributed by atoms with Crippen molar-refractivity contribution in [3.8, 4) is 11.5 Å². The molecule has 9 heteroatoms. The molecule has 31 heavy (non-hydrogen) atoms. The number of anilines is 2. The Balaban J connectivity index is 1.44. The molecule has 5 aromatic rings. The van der Waals surface area contributed by atoms with Crippen LogP contribution < -0.4 is 15.8 Å². The van der Waals surface area contributed by atoms with E-state index in [9.17, 15) is 4.79 Å². The summed E-state index contributed by atoms with van der Waals surface area (Å²) in [7, 11) is 1.93. The number of fused-ring (bicyclic) bond motifs is 2. The van der Waals surface area contributed by atoms with Crippen LogP contribution in [0.15, 0.2) is 65.5 Å². The molecule has 2 aromatic carbocycles. The monoisotopic (exact) mass is 433 g/mol. The van der Waals surface area contributed by atoms with Gasteiger partial charge in [-0.2, -0.15) is 0 Å². The first-order chi connectivity index (χ1) is 15.0. The highest BCUT2D eigenvalue weighted by Crippen LogP contribution is 2.37. The van der Waals surface area contributed by atoms with Gasteiger partial charge in [0.2, 0.25) is 0 Å². The van der Waals surface area contributed by atoms with Gasteiger partial charge in [-0.3, -0.25) is 4.79 Å². The molecular weight excluding hydrogens is 418 g/mol. The highest BCUT2D eigenvalue weighted by Gasteiger charge is 2.14. The number of primary amides is 1. The Bertz CT molecular complexity index is 1460. The number of aryl methyl sites for hydroxylation is 1. The van der Waals surface area contributed by atoms with Crippen molar-refractivity contribution < 1.29 is 13.9 Å². The number of carbonyl (C=O) groups is 1. The maximum Gasteiger partial charge on any atom is 0.284 e. The Labute approximate surface area is 181 Å². The molecule has 0 aliphatic carbocycles. The van der Waals surface area contributed by atoms with Gasteiger partial charge in [-0.1, -0.05) is 17.7 Å². The summed E-state index contributed by atoms with van der Waals surface area (Å²) in [6.45, 7) is 0. The van der Waals surface area contributed by atoms with Crippen LogP contribution in [0.2, 0.25) is 5.02 Å². The second kappa shape index (κ2) is 7.33. The van der Waals surface area contributed by atoms with Crippen molar-refractivity contribution in [2.24, 2.45) is 12.8 Å². The minimum absolute atomic E-state index is 0.0635. The number of carbonyl (C=O) groups excluding carboxylic acids is 1. The van der Waals surface area contributed by atoms with E-state index < -0.39 is 5.91 Å². The quantitative estimate of drug-likeness (QED) is 0.403. The van der Waals surface area contributed by atoms with E-state index in [0.29, 0.717) is 33.3 Å². The molecule has 0 saturated carbocycles. The number of amides is 1. The predicted molar refractivity (Wildman–Crippen MR) is 118 cm³/mol. The molecular formula is C22H16ClN5O3. The van der Waals surface area contributed by atoms with Crippen LogP contribution in [0.1, 0.15) is 10.6 Å². The first-order valence-corrected chi connectivity index (χ1v) is 9.70. The number of hydrogen-bond donors (Lipinski definition) is 2. The van der Waals surface area contributed by atoms with E-state index in [-0.39, 0.29) is 5.76 Å². The van der Waals surface area contributed by atoms with Crippen LogP contribution >= 0.6 is 11.6 Å². The smallest absolute Gasteiger partial charge is 0.284 e. The van der Waals surface area contributed by atoms with Crippen LogP contribution in [-0.2, 0) is 7.05 Å². The third-order valence-electron chi connectivity index (χ3n) is 4.84. The third-order valence-corrected chi connectivity index (χ3v) is 5.13. The lowest BCUT2D eigenvalue weighted by molar-refractivity contribution is 0.0976. The van der Waals surface area contributed by atoms with Crippen molar-refractivity contribution >= 4 is 51.0 Å². The van der Waals surface area contributed by atoms with Gasteiger partial charge in [-0.25, -0.2) is 9.97 Å². The van der Waals surface area contributed by atoms with Crippen LogP contribution in [-0.4, -0.2) is 20.4 Å². The summed E-state index contributed by atoms with van der Waals surface area (Å²) in [5, 5.41) is 4.30. The number of aromatic nitrogens is 3. The molecule has 0 bridgehead atoms. The Morgan fingerprint density at radius 3 is 2.84 bits per heavy atom.